The molecule has 0 radical (unpaired) electrons. The average Bonchev–Trinajstić information content (AvgIpc) is 2.67. The molecular formula is C15H28O. The molecule has 0 saturated heterocycles. The fraction of sp³-hybridized carbons (Fsp3) is 0.867. The second-order valence-corrected chi connectivity index (χ2v) is 5.97. The van der Waals surface area contributed by atoms with Crippen LogP contribution in [-0.2, 0) is 4.74 Å². The van der Waals surface area contributed by atoms with Crippen LogP contribution in [0.3, 0.4) is 0 Å². The van der Waals surface area contributed by atoms with E-state index in [0.29, 0.717) is 0 Å². The van der Waals surface area contributed by atoms with Crippen molar-refractivity contribution >= 4 is 0 Å². The number of unbranched alkanes of at least 4 members (excludes halogenated alkanes) is 3. The van der Waals surface area contributed by atoms with Crippen molar-refractivity contribution in [1.82, 2.24) is 0 Å². The summed E-state index contributed by atoms with van der Waals surface area (Å²) in [5.41, 5.74) is 0.0372. The zero-order valence-corrected chi connectivity index (χ0v) is 11.3. The van der Waals surface area contributed by atoms with E-state index in [1.54, 1.807) is 0 Å². The Bertz CT molecular complexity index is 192. The molecule has 0 unspecified atom stereocenters. The maximum atomic E-state index is 5.70. The van der Waals surface area contributed by atoms with Crippen molar-refractivity contribution in [1.29, 1.82) is 0 Å². The molecule has 0 spiro atoms. The van der Waals surface area contributed by atoms with Gasteiger partial charge in [0.1, 0.15) is 0 Å². The van der Waals surface area contributed by atoms with Crippen molar-refractivity contribution in [3.8, 4) is 0 Å². The lowest BCUT2D eigenvalue weighted by atomic mass is 9.99. The van der Waals surface area contributed by atoms with E-state index in [1.807, 2.05) is 0 Å². The van der Waals surface area contributed by atoms with Gasteiger partial charge in [-0.2, -0.15) is 0 Å². The fourth-order valence-electron chi connectivity index (χ4n) is 2.18. The Balaban J connectivity index is 1.81. The zero-order chi connectivity index (χ0) is 11.9. The first-order valence-electron chi connectivity index (χ1n) is 6.87. The van der Waals surface area contributed by atoms with Gasteiger partial charge in [-0.05, 0) is 52.4 Å². The molecule has 94 valence electrons. The van der Waals surface area contributed by atoms with Crippen LogP contribution in [0.4, 0.5) is 0 Å². The minimum absolute atomic E-state index is 0.0372. The van der Waals surface area contributed by atoms with Crippen LogP contribution in [0.5, 0.6) is 0 Å². The molecule has 0 saturated carbocycles. The molecule has 0 aromatic carbocycles. The van der Waals surface area contributed by atoms with Gasteiger partial charge in [-0.1, -0.05) is 31.4 Å². The molecule has 1 nitrogen and oxygen atoms in total. The van der Waals surface area contributed by atoms with Crippen LogP contribution < -0.4 is 0 Å². The second-order valence-electron chi connectivity index (χ2n) is 5.97. The van der Waals surface area contributed by atoms with Crippen LogP contribution in [0.15, 0.2) is 12.2 Å². The van der Waals surface area contributed by atoms with Crippen molar-refractivity contribution in [2.24, 2.45) is 5.92 Å². The molecule has 1 aliphatic carbocycles. The smallest absolute Gasteiger partial charge is 0.0598 e. The van der Waals surface area contributed by atoms with E-state index in [4.69, 9.17) is 4.74 Å². The predicted octanol–water partition coefficient (Wildman–Crippen LogP) is 4.72. The summed E-state index contributed by atoms with van der Waals surface area (Å²) in [6.45, 7) is 7.30. The summed E-state index contributed by atoms with van der Waals surface area (Å²) in [4.78, 5) is 0. The minimum Gasteiger partial charge on any atom is -0.376 e. The number of hydrogen-bond acceptors (Lipinski definition) is 1. The molecule has 0 fully saturated rings. The van der Waals surface area contributed by atoms with Crippen LogP contribution >= 0.6 is 0 Å². The third-order valence-corrected chi connectivity index (χ3v) is 3.15. The predicted molar refractivity (Wildman–Crippen MR) is 70.7 cm³/mol. The monoisotopic (exact) mass is 224 g/mol. The van der Waals surface area contributed by atoms with Gasteiger partial charge in [0, 0.05) is 6.61 Å². The van der Waals surface area contributed by atoms with Crippen LogP contribution in [0.25, 0.3) is 0 Å². The van der Waals surface area contributed by atoms with E-state index in [0.717, 1.165) is 12.5 Å². The average molecular weight is 224 g/mol. The molecule has 1 aliphatic rings. The Morgan fingerprint density at radius 3 is 2.25 bits per heavy atom. The Kier molecular flexibility index (Phi) is 6.12. The van der Waals surface area contributed by atoms with Crippen molar-refractivity contribution in [2.45, 2.75) is 71.3 Å². The topological polar surface area (TPSA) is 9.23 Å². The van der Waals surface area contributed by atoms with Crippen LogP contribution in [0.2, 0.25) is 0 Å². The molecule has 0 heterocycles. The highest BCUT2D eigenvalue weighted by Gasteiger charge is 2.10. The fourth-order valence-corrected chi connectivity index (χ4v) is 2.18. The van der Waals surface area contributed by atoms with Crippen molar-refractivity contribution in [3.05, 3.63) is 12.2 Å². The van der Waals surface area contributed by atoms with Crippen molar-refractivity contribution < 1.29 is 4.74 Å². The van der Waals surface area contributed by atoms with Gasteiger partial charge in [0.2, 0.25) is 0 Å². The van der Waals surface area contributed by atoms with E-state index in [9.17, 15) is 0 Å². The number of hydrogen-bond donors (Lipinski definition) is 0. The maximum absolute atomic E-state index is 5.70. The van der Waals surface area contributed by atoms with Gasteiger partial charge in [0.05, 0.1) is 5.60 Å². The van der Waals surface area contributed by atoms with Crippen molar-refractivity contribution in [3.63, 3.8) is 0 Å². The normalized spacial score (nSPS) is 17.2. The lowest BCUT2D eigenvalue weighted by Gasteiger charge is -2.19. The van der Waals surface area contributed by atoms with Gasteiger partial charge in [-0.3, -0.25) is 0 Å². The van der Waals surface area contributed by atoms with Crippen LogP contribution in [-0.4, -0.2) is 12.2 Å². The van der Waals surface area contributed by atoms with Gasteiger partial charge in [0.25, 0.3) is 0 Å². The summed E-state index contributed by atoms with van der Waals surface area (Å²) >= 11 is 0. The van der Waals surface area contributed by atoms with Gasteiger partial charge in [-0.25, -0.2) is 0 Å². The second kappa shape index (κ2) is 7.11. The molecule has 0 aromatic rings. The molecule has 0 atom stereocenters. The first kappa shape index (κ1) is 13.8. The van der Waals surface area contributed by atoms with Crippen LogP contribution in [0.1, 0.15) is 65.7 Å². The highest BCUT2D eigenvalue weighted by molar-refractivity contribution is 4.93. The first-order valence-corrected chi connectivity index (χ1v) is 6.87. The highest BCUT2D eigenvalue weighted by Crippen LogP contribution is 2.23. The third-order valence-electron chi connectivity index (χ3n) is 3.15. The molecule has 1 rings (SSSR count). The highest BCUT2D eigenvalue weighted by atomic mass is 16.5. The number of ether oxygens (including phenoxy) is 1. The lowest BCUT2D eigenvalue weighted by Crippen LogP contribution is -2.19. The molecule has 0 aliphatic heterocycles. The molecule has 1 heteroatoms. The Morgan fingerprint density at radius 2 is 1.62 bits per heavy atom. The standard InChI is InChI=1S/C15H28O/c1-15(2,3)16-13-9-5-4-6-10-14-11-7-8-12-14/h7-8,14H,4-6,9-13H2,1-3H3. The van der Waals surface area contributed by atoms with Gasteiger partial charge < -0.3 is 4.74 Å². The number of rotatable bonds is 7. The maximum Gasteiger partial charge on any atom is 0.0598 e. The molecule has 0 N–H and O–H groups in total. The van der Waals surface area contributed by atoms with Gasteiger partial charge >= 0.3 is 0 Å². The summed E-state index contributed by atoms with van der Waals surface area (Å²) in [7, 11) is 0. The molecule has 0 aromatic heterocycles. The summed E-state index contributed by atoms with van der Waals surface area (Å²) in [6, 6.07) is 0. The van der Waals surface area contributed by atoms with Crippen molar-refractivity contribution in [2.75, 3.05) is 6.61 Å². The van der Waals surface area contributed by atoms with E-state index >= 15 is 0 Å². The molecule has 0 bridgehead atoms. The van der Waals surface area contributed by atoms with Gasteiger partial charge in [0.15, 0.2) is 0 Å². The summed E-state index contributed by atoms with van der Waals surface area (Å²) < 4.78 is 5.70. The first-order chi connectivity index (χ1) is 7.58. The van der Waals surface area contributed by atoms with E-state index in [2.05, 4.69) is 32.9 Å². The number of allylic oxidation sites excluding steroid dienone is 2. The quantitative estimate of drug-likeness (QED) is 0.449. The molecule has 16 heavy (non-hydrogen) atoms. The Labute approximate surface area is 101 Å². The lowest BCUT2D eigenvalue weighted by molar-refractivity contribution is -0.00476. The van der Waals surface area contributed by atoms with E-state index in [1.165, 1.54) is 44.9 Å². The summed E-state index contributed by atoms with van der Waals surface area (Å²) in [5, 5.41) is 0. The third kappa shape index (κ3) is 7.05. The van der Waals surface area contributed by atoms with Crippen LogP contribution in [0, 0.1) is 5.92 Å². The SMILES string of the molecule is CC(C)(C)OCCCCCCC1CC=CC1. The summed E-state index contributed by atoms with van der Waals surface area (Å²) in [6.07, 6.45) is 14.1. The zero-order valence-electron chi connectivity index (χ0n) is 11.3. The summed E-state index contributed by atoms with van der Waals surface area (Å²) in [5.74, 6) is 0.964. The molecule has 0 amide bonds. The van der Waals surface area contributed by atoms with Gasteiger partial charge in [-0.15, -0.1) is 0 Å². The molecular weight excluding hydrogens is 196 g/mol. The Hall–Kier alpha value is -0.300. The van der Waals surface area contributed by atoms with E-state index < -0.39 is 0 Å². The largest absolute Gasteiger partial charge is 0.376 e. The minimum atomic E-state index is 0.0372. The Morgan fingerprint density at radius 1 is 1.00 bits per heavy atom. The van der Waals surface area contributed by atoms with E-state index in [-0.39, 0.29) is 5.60 Å².